The Hall–Kier alpha value is -5.84. The molecule has 4 aliphatic rings. The smallest absolute Gasteiger partial charge is 0.407 e. The summed E-state index contributed by atoms with van der Waals surface area (Å²) in [4.78, 5) is 70.8. The molecule has 0 bridgehead atoms. The molecule has 4 aliphatic heterocycles. The van der Waals surface area contributed by atoms with Crippen LogP contribution in [0.3, 0.4) is 0 Å². The third-order valence-electron chi connectivity index (χ3n) is 10.4. The largest absolute Gasteiger partial charge is 0.453 e. The van der Waals surface area contributed by atoms with E-state index in [1.807, 2.05) is 24.3 Å². The van der Waals surface area contributed by atoms with E-state index in [-0.39, 0.29) is 37.1 Å². The van der Waals surface area contributed by atoms with Gasteiger partial charge in [0.05, 0.1) is 57.6 Å². The van der Waals surface area contributed by atoms with Crippen LogP contribution >= 0.6 is 0 Å². The highest BCUT2D eigenvalue weighted by Crippen LogP contribution is 2.36. The summed E-state index contributed by atoms with van der Waals surface area (Å²) >= 11 is 0. The van der Waals surface area contributed by atoms with Crippen molar-refractivity contribution in [2.75, 3.05) is 53.7 Å². The number of aromatic nitrogens is 4. The fourth-order valence-electron chi connectivity index (χ4n) is 7.56. The number of ether oxygens (including phenoxy) is 4. The lowest BCUT2D eigenvalue weighted by molar-refractivity contribution is -0.140. The molecule has 4 fully saturated rings. The second-order valence-corrected chi connectivity index (χ2v) is 13.8. The SMILES string of the molecule is COC(=O)N[C@@]1(C(=O)N2CCC[C@@H]2c2ncc(C#CC#Cc3ccc(-c4cnc([C@H]5CCCN5C(=O)[C@]5(NC(=O)OC)CCOC5)[nH]4)cc3)[nH]2)CCOC1. The lowest BCUT2D eigenvalue weighted by Crippen LogP contribution is -2.60. The van der Waals surface area contributed by atoms with Crippen LogP contribution in [0, 0.1) is 23.7 Å². The van der Waals surface area contributed by atoms with E-state index in [1.54, 1.807) is 22.2 Å². The Morgan fingerprint density at radius 3 is 1.85 bits per heavy atom. The molecule has 3 aromatic rings. The monoisotopic (exact) mass is 738 g/mol. The summed E-state index contributed by atoms with van der Waals surface area (Å²) in [5.41, 5.74) is 0.739. The zero-order valence-corrected chi connectivity index (χ0v) is 30.2. The molecule has 0 radical (unpaired) electrons. The average molecular weight is 739 g/mol. The Kier molecular flexibility index (Phi) is 10.6. The number of imidazole rings is 2. The molecule has 2 aromatic heterocycles. The van der Waals surface area contributed by atoms with Crippen molar-refractivity contribution in [2.24, 2.45) is 0 Å². The first-order valence-electron chi connectivity index (χ1n) is 18.0. The number of carbonyl (C=O) groups excluding carboxylic acids is 4. The molecule has 0 spiro atoms. The topological polar surface area (TPSA) is 193 Å². The van der Waals surface area contributed by atoms with Gasteiger partial charge < -0.3 is 49.3 Å². The van der Waals surface area contributed by atoms with E-state index >= 15 is 0 Å². The van der Waals surface area contributed by atoms with Gasteiger partial charge in [-0.05, 0) is 61.1 Å². The highest BCUT2D eigenvalue weighted by Gasteiger charge is 2.50. The summed E-state index contributed by atoms with van der Waals surface area (Å²) in [5, 5.41) is 5.43. The third kappa shape index (κ3) is 7.35. The van der Waals surface area contributed by atoms with Crippen molar-refractivity contribution < 1.29 is 38.1 Å². The molecule has 16 heteroatoms. The van der Waals surface area contributed by atoms with Gasteiger partial charge in [-0.1, -0.05) is 18.1 Å². The van der Waals surface area contributed by atoms with Gasteiger partial charge in [-0.3, -0.25) is 9.59 Å². The Morgan fingerprint density at radius 2 is 1.31 bits per heavy atom. The number of likely N-dealkylation sites (tertiary alicyclic amines) is 2. The molecule has 16 nitrogen and oxygen atoms in total. The minimum atomic E-state index is -1.17. The quantitative estimate of drug-likeness (QED) is 0.262. The summed E-state index contributed by atoms with van der Waals surface area (Å²) in [6, 6.07) is 7.14. The van der Waals surface area contributed by atoms with Crippen molar-refractivity contribution in [3.05, 3.63) is 59.6 Å². The van der Waals surface area contributed by atoms with Crippen LogP contribution in [0.15, 0.2) is 36.7 Å². The molecule has 6 heterocycles. The second-order valence-electron chi connectivity index (χ2n) is 13.8. The number of hydrogen-bond acceptors (Lipinski definition) is 10. The minimum absolute atomic E-state index is 0.0876. The lowest BCUT2D eigenvalue weighted by atomic mass is 9.96. The molecule has 4 atom stereocenters. The number of aromatic amines is 2. The van der Waals surface area contributed by atoms with Crippen LogP contribution in [-0.2, 0) is 28.5 Å². The van der Waals surface area contributed by atoms with Gasteiger partial charge in [0.1, 0.15) is 28.4 Å². The van der Waals surface area contributed by atoms with Crippen molar-refractivity contribution in [2.45, 2.75) is 61.7 Å². The van der Waals surface area contributed by atoms with E-state index in [0.717, 1.165) is 42.5 Å². The Labute approximate surface area is 312 Å². The van der Waals surface area contributed by atoms with E-state index in [9.17, 15) is 19.2 Å². The molecular formula is C38H42N8O8. The maximum atomic E-state index is 13.8. The number of carbonyl (C=O) groups is 4. The van der Waals surface area contributed by atoms with Gasteiger partial charge in [0.15, 0.2) is 0 Å². The van der Waals surface area contributed by atoms with Crippen LogP contribution in [0.2, 0.25) is 0 Å². The Bertz CT molecular complexity index is 2010. The Morgan fingerprint density at radius 1 is 0.778 bits per heavy atom. The van der Waals surface area contributed by atoms with Crippen molar-refractivity contribution in [1.29, 1.82) is 0 Å². The van der Waals surface area contributed by atoms with Crippen LogP contribution in [0.5, 0.6) is 0 Å². The number of rotatable bonds is 7. The molecule has 4 saturated heterocycles. The molecule has 282 valence electrons. The Balaban J connectivity index is 0.973. The molecule has 4 amide bonds. The lowest BCUT2D eigenvalue weighted by Gasteiger charge is -2.34. The van der Waals surface area contributed by atoms with Crippen molar-refractivity contribution in [3.8, 4) is 34.9 Å². The predicted molar refractivity (Wildman–Crippen MR) is 191 cm³/mol. The molecular weight excluding hydrogens is 696 g/mol. The number of H-pyrrole nitrogens is 2. The molecule has 0 aliphatic carbocycles. The number of nitrogens with zero attached hydrogens (tertiary/aromatic N) is 4. The first-order chi connectivity index (χ1) is 26.2. The maximum Gasteiger partial charge on any atom is 0.407 e. The molecule has 54 heavy (non-hydrogen) atoms. The maximum absolute atomic E-state index is 13.8. The summed E-state index contributed by atoms with van der Waals surface area (Å²) in [6.45, 7) is 2.02. The summed E-state index contributed by atoms with van der Waals surface area (Å²) in [5.74, 6) is 12.7. The fraction of sp³-hybridized carbons (Fsp3) is 0.474. The van der Waals surface area contributed by atoms with E-state index in [2.05, 4.69) is 54.3 Å². The van der Waals surface area contributed by atoms with Crippen LogP contribution < -0.4 is 10.6 Å². The van der Waals surface area contributed by atoms with Gasteiger partial charge in [0.25, 0.3) is 11.8 Å². The number of hydrogen-bond donors (Lipinski definition) is 4. The van der Waals surface area contributed by atoms with Crippen LogP contribution in [-0.4, -0.2) is 119 Å². The molecule has 0 unspecified atom stereocenters. The van der Waals surface area contributed by atoms with E-state index in [0.29, 0.717) is 56.5 Å². The van der Waals surface area contributed by atoms with Gasteiger partial charge in [-0.2, -0.15) is 0 Å². The number of nitrogens with one attached hydrogen (secondary N) is 4. The first kappa shape index (κ1) is 36.5. The summed E-state index contributed by atoms with van der Waals surface area (Å²) < 4.78 is 20.6. The van der Waals surface area contributed by atoms with Crippen molar-refractivity contribution in [3.63, 3.8) is 0 Å². The average Bonchev–Trinajstić information content (AvgIpc) is 4.04. The van der Waals surface area contributed by atoms with Gasteiger partial charge in [-0.15, -0.1) is 0 Å². The standard InChI is InChI=1S/C38H42N8O8/c1-51-35(49)43-37(15-19-53-23-37)33(47)45-17-5-9-29(45)31-39-21-27(41-31)8-4-3-7-25-11-13-26(14-12-25)28-22-40-32(42-28)30-10-6-18-46(30)34(48)38(16-20-54-24-38)44-36(50)52-2/h11-14,21-22,29-30H,5-6,9-10,15-20,23-24H2,1-2H3,(H,39,41)(H,40,42)(H,43,49)(H,44,50)/t29-,30-,37+,38+/m1/s1. The fourth-order valence-corrected chi connectivity index (χ4v) is 7.56. The van der Waals surface area contributed by atoms with E-state index in [1.165, 1.54) is 14.2 Å². The van der Waals surface area contributed by atoms with E-state index < -0.39 is 23.3 Å². The molecule has 1 aromatic carbocycles. The summed E-state index contributed by atoms with van der Waals surface area (Å²) in [7, 11) is 2.54. The van der Waals surface area contributed by atoms with Gasteiger partial charge in [-0.25, -0.2) is 19.6 Å². The zero-order valence-electron chi connectivity index (χ0n) is 30.2. The van der Waals surface area contributed by atoms with Crippen LogP contribution in [0.25, 0.3) is 11.3 Å². The number of benzene rings is 1. The normalized spacial score (nSPS) is 24.6. The number of methoxy groups -OCH3 is 2. The zero-order chi connectivity index (χ0) is 37.7. The minimum Gasteiger partial charge on any atom is -0.453 e. The molecule has 0 saturated carbocycles. The van der Waals surface area contributed by atoms with Crippen molar-refractivity contribution in [1.82, 2.24) is 40.4 Å². The second kappa shape index (κ2) is 15.6. The first-order valence-corrected chi connectivity index (χ1v) is 18.0. The van der Waals surface area contributed by atoms with Crippen LogP contribution in [0.4, 0.5) is 9.59 Å². The van der Waals surface area contributed by atoms with Crippen LogP contribution in [0.1, 0.15) is 73.5 Å². The number of amides is 4. The van der Waals surface area contributed by atoms with Crippen molar-refractivity contribution >= 4 is 24.0 Å². The van der Waals surface area contributed by atoms with E-state index in [4.69, 9.17) is 18.9 Å². The predicted octanol–water partition coefficient (Wildman–Crippen LogP) is 2.56. The molecule has 7 rings (SSSR count). The summed E-state index contributed by atoms with van der Waals surface area (Å²) in [6.07, 6.45) is 5.86. The molecule has 4 N–H and O–H groups in total. The number of alkyl carbamates (subject to hydrolysis) is 2. The third-order valence-corrected chi connectivity index (χ3v) is 10.4. The van der Waals surface area contributed by atoms with Gasteiger partial charge in [0.2, 0.25) is 0 Å². The highest BCUT2D eigenvalue weighted by atomic mass is 16.5. The van der Waals surface area contributed by atoms with Gasteiger partial charge >= 0.3 is 12.2 Å². The highest BCUT2D eigenvalue weighted by molar-refractivity contribution is 5.91. The van der Waals surface area contributed by atoms with Gasteiger partial charge in [0, 0.05) is 44.7 Å².